The van der Waals surface area contributed by atoms with Crippen LogP contribution in [0.3, 0.4) is 0 Å². The molecule has 1 amide bonds. The van der Waals surface area contributed by atoms with Crippen molar-refractivity contribution in [2.45, 2.75) is 12.1 Å². The van der Waals surface area contributed by atoms with Gasteiger partial charge in [-0.3, -0.25) is 14.9 Å². The average molecular weight is 370 g/mol. The lowest BCUT2D eigenvalue weighted by atomic mass is 10.1. The van der Waals surface area contributed by atoms with Gasteiger partial charge in [-0.2, -0.15) is 5.10 Å². The maximum atomic E-state index is 11.9. The zero-order valence-corrected chi connectivity index (χ0v) is 14.5. The third kappa shape index (κ3) is 4.25. The third-order valence-electron chi connectivity index (χ3n) is 3.45. The first kappa shape index (κ1) is 17.6. The number of thioether (sulfide) groups is 1. The van der Waals surface area contributed by atoms with Gasteiger partial charge < -0.3 is 4.42 Å². The minimum absolute atomic E-state index is 0.000297. The number of nitro benzene ring substituents is 1. The van der Waals surface area contributed by atoms with E-state index in [1.807, 2.05) is 24.3 Å². The summed E-state index contributed by atoms with van der Waals surface area (Å²) in [5.74, 6) is -0.206. The number of nitrogens with zero attached hydrogens (tertiary/aromatic N) is 3. The van der Waals surface area contributed by atoms with E-state index in [0.717, 1.165) is 5.52 Å². The number of nitrogens with one attached hydrogen (secondary N) is 1. The summed E-state index contributed by atoms with van der Waals surface area (Å²) in [4.78, 5) is 26.4. The summed E-state index contributed by atoms with van der Waals surface area (Å²) >= 11 is 1.17. The van der Waals surface area contributed by atoms with Crippen LogP contribution in [-0.4, -0.2) is 27.3 Å². The molecule has 9 heteroatoms. The van der Waals surface area contributed by atoms with Crippen molar-refractivity contribution in [1.82, 2.24) is 10.4 Å². The van der Waals surface area contributed by atoms with Crippen molar-refractivity contribution >= 4 is 40.2 Å². The number of aromatic nitrogens is 1. The molecule has 0 atom stereocenters. The van der Waals surface area contributed by atoms with Gasteiger partial charge in [0.1, 0.15) is 5.52 Å². The number of para-hydroxylation sites is 2. The van der Waals surface area contributed by atoms with Crippen LogP contribution in [0.2, 0.25) is 0 Å². The van der Waals surface area contributed by atoms with Gasteiger partial charge in [0.05, 0.1) is 16.4 Å². The van der Waals surface area contributed by atoms with Gasteiger partial charge in [0, 0.05) is 12.1 Å². The lowest BCUT2D eigenvalue weighted by Gasteiger charge is -2.02. The van der Waals surface area contributed by atoms with Crippen LogP contribution in [0.1, 0.15) is 12.5 Å². The Labute approximate surface area is 152 Å². The number of carbonyl (C=O) groups excluding carboxylic acids is 1. The van der Waals surface area contributed by atoms with E-state index >= 15 is 0 Å². The van der Waals surface area contributed by atoms with Gasteiger partial charge in [-0.1, -0.05) is 23.9 Å². The normalized spacial score (nSPS) is 11.5. The van der Waals surface area contributed by atoms with Crippen LogP contribution in [0.25, 0.3) is 11.1 Å². The Balaban J connectivity index is 1.55. The summed E-state index contributed by atoms with van der Waals surface area (Å²) in [5.41, 5.74) is 5.08. The van der Waals surface area contributed by atoms with E-state index in [-0.39, 0.29) is 17.3 Å². The van der Waals surface area contributed by atoms with Gasteiger partial charge >= 0.3 is 0 Å². The van der Waals surface area contributed by atoms with E-state index < -0.39 is 4.92 Å². The molecule has 0 radical (unpaired) electrons. The molecule has 0 bridgehead atoms. The molecule has 8 nitrogen and oxygen atoms in total. The molecular weight excluding hydrogens is 356 g/mol. The number of nitro groups is 1. The highest BCUT2D eigenvalue weighted by Gasteiger charge is 2.09. The summed E-state index contributed by atoms with van der Waals surface area (Å²) in [7, 11) is 0. The zero-order chi connectivity index (χ0) is 18.5. The number of oxazole rings is 1. The van der Waals surface area contributed by atoms with Crippen molar-refractivity contribution in [2.24, 2.45) is 5.10 Å². The van der Waals surface area contributed by atoms with Crippen molar-refractivity contribution in [2.75, 3.05) is 5.75 Å². The fourth-order valence-corrected chi connectivity index (χ4v) is 2.74. The number of benzene rings is 2. The van der Waals surface area contributed by atoms with Crippen LogP contribution in [0.4, 0.5) is 5.69 Å². The summed E-state index contributed by atoms with van der Waals surface area (Å²) < 4.78 is 5.52. The van der Waals surface area contributed by atoms with Gasteiger partial charge in [0.15, 0.2) is 5.58 Å². The number of carbonyl (C=O) groups is 1. The highest BCUT2D eigenvalue weighted by Crippen LogP contribution is 2.22. The van der Waals surface area contributed by atoms with Crippen molar-refractivity contribution in [1.29, 1.82) is 0 Å². The van der Waals surface area contributed by atoms with Crippen molar-refractivity contribution in [3.8, 4) is 0 Å². The van der Waals surface area contributed by atoms with E-state index in [1.165, 1.54) is 23.9 Å². The summed E-state index contributed by atoms with van der Waals surface area (Å²) in [5, 5.41) is 15.1. The molecule has 0 aliphatic rings. The fraction of sp³-hybridized carbons (Fsp3) is 0.118. The average Bonchev–Trinajstić information content (AvgIpc) is 3.07. The first-order valence-corrected chi connectivity index (χ1v) is 8.58. The van der Waals surface area contributed by atoms with E-state index in [9.17, 15) is 14.9 Å². The minimum atomic E-state index is -0.471. The Kier molecular flexibility index (Phi) is 5.28. The molecule has 0 spiro atoms. The predicted octanol–water partition coefficient (Wildman–Crippen LogP) is 3.37. The molecule has 0 unspecified atom stereocenters. The number of hydrazone groups is 1. The fourth-order valence-electron chi connectivity index (χ4n) is 2.11. The number of fused-ring (bicyclic) bond motifs is 1. The van der Waals surface area contributed by atoms with Crippen LogP contribution in [-0.2, 0) is 4.79 Å². The quantitative estimate of drug-likeness (QED) is 0.308. The van der Waals surface area contributed by atoms with Gasteiger partial charge in [0.2, 0.25) is 0 Å². The van der Waals surface area contributed by atoms with Gasteiger partial charge in [-0.15, -0.1) is 0 Å². The molecule has 1 aromatic heterocycles. The molecule has 3 rings (SSSR count). The van der Waals surface area contributed by atoms with Crippen LogP contribution in [0.15, 0.2) is 63.3 Å². The van der Waals surface area contributed by atoms with Crippen LogP contribution >= 0.6 is 11.8 Å². The zero-order valence-electron chi connectivity index (χ0n) is 13.7. The SMILES string of the molecule is C/C(=N\NC(=O)CSc1nc2ccccc2o1)c1ccc([N+](=O)[O-])cc1. The number of amides is 1. The third-order valence-corrected chi connectivity index (χ3v) is 4.27. The summed E-state index contributed by atoms with van der Waals surface area (Å²) in [6.45, 7) is 1.70. The van der Waals surface area contributed by atoms with Crippen LogP contribution < -0.4 is 5.43 Å². The summed E-state index contributed by atoms with van der Waals surface area (Å²) in [6, 6.07) is 13.3. The Morgan fingerprint density at radius 2 is 2.00 bits per heavy atom. The number of rotatable bonds is 6. The van der Waals surface area contributed by atoms with Gasteiger partial charge in [-0.25, -0.2) is 10.4 Å². The molecule has 2 aromatic carbocycles. The number of non-ortho nitro benzene ring substituents is 1. The highest BCUT2D eigenvalue weighted by molar-refractivity contribution is 7.99. The highest BCUT2D eigenvalue weighted by atomic mass is 32.2. The molecule has 1 N–H and O–H groups in total. The monoisotopic (exact) mass is 370 g/mol. The Bertz CT molecular complexity index is 949. The van der Waals surface area contributed by atoms with E-state index in [1.54, 1.807) is 19.1 Å². The maximum absolute atomic E-state index is 11.9. The number of hydrogen-bond acceptors (Lipinski definition) is 7. The van der Waals surface area contributed by atoms with E-state index in [4.69, 9.17) is 4.42 Å². The first-order chi connectivity index (χ1) is 12.5. The lowest BCUT2D eigenvalue weighted by Crippen LogP contribution is -2.21. The second-order valence-electron chi connectivity index (χ2n) is 5.27. The second kappa shape index (κ2) is 7.79. The molecule has 132 valence electrons. The minimum Gasteiger partial charge on any atom is -0.431 e. The largest absolute Gasteiger partial charge is 0.431 e. The van der Waals surface area contributed by atoms with Crippen LogP contribution in [0.5, 0.6) is 0 Å². The molecule has 3 aromatic rings. The Morgan fingerprint density at radius 1 is 1.27 bits per heavy atom. The van der Waals surface area contributed by atoms with Crippen molar-refractivity contribution < 1.29 is 14.1 Å². The Morgan fingerprint density at radius 3 is 2.69 bits per heavy atom. The molecule has 0 saturated heterocycles. The van der Waals surface area contributed by atoms with Crippen molar-refractivity contribution in [3.05, 3.63) is 64.2 Å². The first-order valence-electron chi connectivity index (χ1n) is 7.59. The molecule has 26 heavy (non-hydrogen) atoms. The number of hydrogen-bond donors (Lipinski definition) is 1. The predicted molar refractivity (Wildman–Crippen MR) is 98.2 cm³/mol. The summed E-state index contributed by atoms with van der Waals surface area (Å²) in [6.07, 6.45) is 0. The molecule has 0 saturated carbocycles. The van der Waals surface area contributed by atoms with Gasteiger partial charge in [0.25, 0.3) is 16.8 Å². The molecule has 0 fully saturated rings. The van der Waals surface area contributed by atoms with Crippen LogP contribution in [0, 0.1) is 10.1 Å². The van der Waals surface area contributed by atoms with E-state index in [0.29, 0.717) is 22.1 Å². The smallest absolute Gasteiger partial charge is 0.269 e. The van der Waals surface area contributed by atoms with Gasteiger partial charge in [-0.05, 0) is 36.8 Å². The van der Waals surface area contributed by atoms with E-state index in [2.05, 4.69) is 15.5 Å². The standard InChI is InChI=1S/C17H14N4O4S/c1-11(12-6-8-13(9-7-12)21(23)24)19-20-16(22)10-26-17-18-14-4-2-3-5-15(14)25-17/h2-9H,10H2,1H3,(H,20,22)/b19-11+. The lowest BCUT2D eigenvalue weighted by molar-refractivity contribution is -0.384. The Hall–Kier alpha value is -3.20. The molecule has 0 aliphatic carbocycles. The van der Waals surface area contributed by atoms with Crippen molar-refractivity contribution in [3.63, 3.8) is 0 Å². The molecule has 0 aliphatic heterocycles. The molecular formula is C17H14N4O4S. The molecule has 1 heterocycles. The topological polar surface area (TPSA) is 111 Å². The second-order valence-corrected chi connectivity index (χ2v) is 6.20. The maximum Gasteiger partial charge on any atom is 0.269 e.